The number of benzene rings is 1. The molecule has 1 aromatic carbocycles. The van der Waals surface area contributed by atoms with Crippen molar-refractivity contribution in [1.29, 1.82) is 0 Å². The van der Waals surface area contributed by atoms with E-state index in [0.29, 0.717) is 11.3 Å². The van der Waals surface area contributed by atoms with Crippen LogP contribution in [0.4, 0.5) is 5.69 Å². The van der Waals surface area contributed by atoms with Crippen LogP contribution in [0.2, 0.25) is 0 Å². The Morgan fingerprint density at radius 1 is 1.29 bits per heavy atom. The van der Waals surface area contributed by atoms with Gasteiger partial charge >= 0.3 is 0 Å². The molecule has 1 fully saturated rings. The zero-order valence-electron chi connectivity index (χ0n) is 11.8. The maximum atomic E-state index is 11.9. The number of primary sulfonamides is 1. The van der Waals surface area contributed by atoms with E-state index in [1.165, 1.54) is 9.80 Å². The van der Waals surface area contributed by atoms with Crippen LogP contribution < -0.4 is 10.0 Å². The molecule has 1 atom stereocenters. The molecule has 114 valence electrons. The Bertz CT molecular complexity index is 667. The predicted molar refractivity (Wildman–Crippen MR) is 78.3 cm³/mol. The van der Waals surface area contributed by atoms with E-state index in [9.17, 15) is 18.0 Å². The maximum Gasteiger partial charge on any atom is 0.253 e. The summed E-state index contributed by atoms with van der Waals surface area (Å²) >= 11 is 0. The zero-order chi connectivity index (χ0) is 15.8. The molecule has 1 aliphatic heterocycles. The molecule has 0 radical (unpaired) electrons. The van der Waals surface area contributed by atoms with Gasteiger partial charge in [-0.15, -0.1) is 0 Å². The Morgan fingerprint density at radius 3 is 2.29 bits per heavy atom. The zero-order valence-corrected chi connectivity index (χ0v) is 12.6. The van der Waals surface area contributed by atoms with Gasteiger partial charge in [0, 0.05) is 38.3 Å². The van der Waals surface area contributed by atoms with Crippen molar-refractivity contribution in [2.75, 3.05) is 25.5 Å². The molecular weight excluding hydrogens is 294 g/mol. The Kier molecular flexibility index (Phi) is 4.02. The van der Waals surface area contributed by atoms with E-state index >= 15 is 0 Å². The molecule has 2 N–H and O–H groups in total. The minimum atomic E-state index is -3.73. The van der Waals surface area contributed by atoms with Crippen LogP contribution in [0.15, 0.2) is 24.3 Å². The second-order valence-electron chi connectivity index (χ2n) is 5.17. The van der Waals surface area contributed by atoms with Crippen molar-refractivity contribution < 1.29 is 18.0 Å². The van der Waals surface area contributed by atoms with Gasteiger partial charge in [0.2, 0.25) is 15.9 Å². The summed E-state index contributed by atoms with van der Waals surface area (Å²) in [7, 11) is -0.433. The van der Waals surface area contributed by atoms with E-state index in [2.05, 4.69) is 0 Å². The minimum Gasteiger partial charge on any atom is -0.345 e. The van der Waals surface area contributed by atoms with Crippen LogP contribution in [0.1, 0.15) is 16.8 Å². The molecule has 21 heavy (non-hydrogen) atoms. The van der Waals surface area contributed by atoms with Crippen LogP contribution in [-0.2, 0) is 14.8 Å². The summed E-state index contributed by atoms with van der Waals surface area (Å²) in [5.74, 6) is -0.433. The standard InChI is InChI=1S/C13H17N3O4S/c1-15(2)13(18)9-3-5-10(6-4-9)16-8-11(7-12(16)17)21(14,19)20/h3-6,11H,7-8H2,1-2H3,(H2,14,19,20). The van der Waals surface area contributed by atoms with E-state index in [0.717, 1.165) is 0 Å². The number of amides is 2. The molecule has 1 heterocycles. The van der Waals surface area contributed by atoms with Crippen molar-refractivity contribution >= 4 is 27.5 Å². The first kappa shape index (κ1) is 15.5. The van der Waals surface area contributed by atoms with Crippen molar-refractivity contribution in [3.63, 3.8) is 0 Å². The summed E-state index contributed by atoms with van der Waals surface area (Å²) in [6.07, 6.45) is -0.114. The quantitative estimate of drug-likeness (QED) is 0.834. The predicted octanol–water partition coefficient (Wildman–Crippen LogP) is -0.218. The van der Waals surface area contributed by atoms with Crippen molar-refractivity contribution in [3.8, 4) is 0 Å². The first-order valence-electron chi connectivity index (χ1n) is 6.34. The summed E-state index contributed by atoms with van der Waals surface area (Å²) in [6, 6.07) is 6.46. The van der Waals surface area contributed by atoms with Gasteiger partial charge < -0.3 is 9.80 Å². The number of rotatable bonds is 3. The number of nitrogens with two attached hydrogens (primary N) is 1. The van der Waals surface area contributed by atoms with Gasteiger partial charge in [0.25, 0.3) is 5.91 Å². The summed E-state index contributed by atoms with van der Waals surface area (Å²) in [5.41, 5.74) is 1.06. The fourth-order valence-corrected chi connectivity index (χ4v) is 2.92. The average molecular weight is 311 g/mol. The lowest BCUT2D eigenvalue weighted by Crippen LogP contribution is -2.32. The van der Waals surface area contributed by atoms with Gasteiger partial charge in [-0.3, -0.25) is 9.59 Å². The first-order chi connectivity index (χ1) is 9.70. The van der Waals surface area contributed by atoms with Crippen LogP contribution in [0.25, 0.3) is 0 Å². The summed E-state index contributed by atoms with van der Waals surface area (Å²) in [4.78, 5) is 26.5. The van der Waals surface area contributed by atoms with Crippen molar-refractivity contribution in [2.24, 2.45) is 5.14 Å². The highest BCUT2D eigenvalue weighted by atomic mass is 32.2. The molecule has 1 aromatic rings. The second kappa shape index (κ2) is 5.45. The largest absolute Gasteiger partial charge is 0.345 e. The molecule has 0 spiro atoms. The average Bonchev–Trinajstić information content (AvgIpc) is 2.80. The van der Waals surface area contributed by atoms with Gasteiger partial charge in [0.15, 0.2) is 0 Å². The molecule has 7 nitrogen and oxygen atoms in total. The molecular formula is C13H17N3O4S. The van der Waals surface area contributed by atoms with Gasteiger partial charge in [-0.05, 0) is 24.3 Å². The number of carbonyl (C=O) groups excluding carboxylic acids is 2. The van der Waals surface area contributed by atoms with Crippen LogP contribution in [0.5, 0.6) is 0 Å². The fraction of sp³-hybridized carbons (Fsp3) is 0.385. The van der Waals surface area contributed by atoms with Gasteiger partial charge in [0.1, 0.15) is 5.25 Å². The van der Waals surface area contributed by atoms with E-state index in [1.54, 1.807) is 38.4 Å². The van der Waals surface area contributed by atoms with Gasteiger partial charge in [-0.1, -0.05) is 0 Å². The monoisotopic (exact) mass is 311 g/mol. The molecule has 2 rings (SSSR count). The summed E-state index contributed by atoms with van der Waals surface area (Å²) in [5, 5.41) is 4.20. The maximum absolute atomic E-state index is 11.9. The van der Waals surface area contributed by atoms with E-state index in [1.807, 2.05) is 0 Å². The SMILES string of the molecule is CN(C)C(=O)c1ccc(N2CC(S(N)(=O)=O)CC2=O)cc1. The summed E-state index contributed by atoms with van der Waals surface area (Å²) in [6.45, 7) is 0.0403. The first-order valence-corrected chi connectivity index (χ1v) is 7.95. The third-order valence-corrected chi connectivity index (χ3v) is 4.63. The van der Waals surface area contributed by atoms with Crippen molar-refractivity contribution in [3.05, 3.63) is 29.8 Å². The van der Waals surface area contributed by atoms with E-state index in [4.69, 9.17) is 5.14 Å². The Morgan fingerprint density at radius 2 is 1.86 bits per heavy atom. The molecule has 1 saturated heterocycles. The second-order valence-corrected chi connectivity index (χ2v) is 7.01. The molecule has 1 aliphatic rings. The molecule has 0 aromatic heterocycles. The number of hydrogen-bond acceptors (Lipinski definition) is 4. The van der Waals surface area contributed by atoms with Crippen LogP contribution in [-0.4, -0.2) is 51.0 Å². The lowest BCUT2D eigenvalue weighted by atomic mass is 10.2. The van der Waals surface area contributed by atoms with Crippen LogP contribution in [0, 0.1) is 0 Å². The third-order valence-electron chi connectivity index (χ3n) is 3.39. The topological polar surface area (TPSA) is 101 Å². The molecule has 0 bridgehead atoms. The van der Waals surface area contributed by atoms with E-state index < -0.39 is 15.3 Å². The van der Waals surface area contributed by atoms with Crippen molar-refractivity contribution in [2.45, 2.75) is 11.7 Å². The Balaban J connectivity index is 2.20. The number of sulfonamides is 1. The molecule has 8 heteroatoms. The number of anilines is 1. The van der Waals surface area contributed by atoms with Gasteiger partial charge in [-0.25, -0.2) is 13.6 Å². The van der Waals surface area contributed by atoms with Crippen LogP contribution >= 0.6 is 0 Å². The highest BCUT2D eigenvalue weighted by molar-refractivity contribution is 7.89. The lowest BCUT2D eigenvalue weighted by Gasteiger charge is -2.17. The third kappa shape index (κ3) is 3.22. The Labute approximate surface area is 123 Å². The summed E-state index contributed by atoms with van der Waals surface area (Å²) < 4.78 is 22.6. The number of hydrogen-bond donors (Lipinski definition) is 1. The smallest absolute Gasteiger partial charge is 0.253 e. The van der Waals surface area contributed by atoms with Crippen molar-refractivity contribution in [1.82, 2.24) is 4.90 Å². The van der Waals surface area contributed by atoms with Gasteiger partial charge in [0.05, 0.1) is 0 Å². The Hall–Kier alpha value is -1.93. The molecule has 1 unspecified atom stereocenters. The van der Waals surface area contributed by atoms with Crippen LogP contribution in [0.3, 0.4) is 0 Å². The number of carbonyl (C=O) groups is 2. The molecule has 0 aliphatic carbocycles. The van der Waals surface area contributed by atoms with Gasteiger partial charge in [-0.2, -0.15) is 0 Å². The highest BCUT2D eigenvalue weighted by Gasteiger charge is 2.37. The van der Waals surface area contributed by atoms with E-state index in [-0.39, 0.29) is 24.8 Å². The minimum absolute atomic E-state index is 0.0403. The fourth-order valence-electron chi connectivity index (χ4n) is 2.19. The highest BCUT2D eigenvalue weighted by Crippen LogP contribution is 2.24. The lowest BCUT2D eigenvalue weighted by molar-refractivity contribution is -0.117. The molecule has 2 amide bonds. The molecule has 0 saturated carbocycles. The normalized spacial score (nSPS) is 18.9. The number of nitrogens with zero attached hydrogens (tertiary/aromatic N) is 2.